The SMILES string of the molecule is CC1CCCN1Cc1cccc(-c2cn(-c3ccccc3)nn2)c1. The average Bonchev–Trinajstić information content (AvgIpc) is 3.26. The Bertz CT molecular complexity index is 809. The first-order valence-electron chi connectivity index (χ1n) is 8.61. The highest BCUT2D eigenvalue weighted by molar-refractivity contribution is 5.59. The number of rotatable bonds is 4. The highest BCUT2D eigenvalue weighted by atomic mass is 15.4. The topological polar surface area (TPSA) is 34.0 Å². The van der Waals surface area contributed by atoms with E-state index in [1.807, 2.05) is 41.2 Å². The minimum absolute atomic E-state index is 0.688. The summed E-state index contributed by atoms with van der Waals surface area (Å²) in [5, 5.41) is 8.61. The van der Waals surface area contributed by atoms with E-state index < -0.39 is 0 Å². The van der Waals surface area contributed by atoms with Crippen LogP contribution in [0.25, 0.3) is 16.9 Å². The van der Waals surface area contributed by atoms with Gasteiger partial charge in [-0.3, -0.25) is 4.90 Å². The van der Waals surface area contributed by atoms with Crippen LogP contribution in [0.15, 0.2) is 60.8 Å². The molecule has 2 aromatic carbocycles. The lowest BCUT2D eigenvalue weighted by molar-refractivity contribution is 0.260. The molecule has 2 heterocycles. The lowest BCUT2D eigenvalue weighted by Crippen LogP contribution is -2.26. The van der Waals surface area contributed by atoms with Gasteiger partial charge in [0.25, 0.3) is 0 Å². The second-order valence-electron chi connectivity index (χ2n) is 6.55. The molecule has 3 aromatic rings. The van der Waals surface area contributed by atoms with E-state index >= 15 is 0 Å². The lowest BCUT2D eigenvalue weighted by atomic mass is 10.1. The Balaban J connectivity index is 1.56. The lowest BCUT2D eigenvalue weighted by Gasteiger charge is -2.21. The molecule has 1 atom stereocenters. The maximum absolute atomic E-state index is 4.35. The predicted octanol–water partition coefficient (Wildman–Crippen LogP) is 3.92. The molecule has 1 fully saturated rings. The third-order valence-corrected chi connectivity index (χ3v) is 4.81. The molecule has 1 aromatic heterocycles. The van der Waals surface area contributed by atoms with Gasteiger partial charge in [0.1, 0.15) is 5.69 Å². The van der Waals surface area contributed by atoms with Crippen molar-refractivity contribution in [2.45, 2.75) is 32.4 Å². The van der Waals surface area contributed by atoms with Crippen LogP contribution in [0.3, 0.4) is 0 Å². The van der Waals surface area contributed by atoms with Crippen LogP contribution in [0.5, 0.6) is 0 Å². The van der Waals surface area contributed by atoms with Crippen molar-refractivity contribution in [3.8, 4) is 16.9 Å². The van der Waals surface area contributed by atoms with E-state index in [4.69, 9.17) is 0 Å². The van der Waals surface area contributed by atoms with Gasteiger partial charge in [0.05, 0.1) is 11.9 Å². The highest BCUT2D eigenvalue weighted by Crippen LogP contribution is 2.23. The molecule has 1 saturated heterocycles. The highest BCUT2D eigenvalue weighted by Gasteiger charge is 2.20. The first kappa shape index (κ1) is 15.1. The van der Waals surface area contributed by atoms with Crippen molar-refractivity contribution in [3.63, 3.8) is 0 Å². The van der Waals surface area contributed by atoms with Crippen molar-refractivity contribution in [1.82, 2.24) is 19.9 Å². The molecule has 0 bridgehead atoms. The first-order chi connectivity index (χ1) is 11.8. The molecule has 0 spiro atoms. The Morgan fingerprint density at radius 2 is 1.96 bits per heavy atom. The van der Waals surface area contributed by atoms with Gasteiger partial charge in [-0.05, 0) is 50.1 Å². The zero-order chi connectivity index (χ0) is 16.4. The third-order valence-electron chi connectivity index (χ3n) is 4.81. The van der Waals surface area contributed by atoms with Crippen molar-refractivity contribution < 1.29 is 0 Å². The molecule has 0 radical (unpaired) electrons. The standard InChI is InChI=1S/C20H22N4/c1-16-7-6-12-23(16)14-17-8-5-9-18(13-17)20-15-24(22-21-20)19-10-3-2-4-11-19/h2-5,8-11,13,15-16H,6-7,12,14H2,1H3. The van der Waals surface area contributed by atoms with Crippen LogP contribution in [0.2, 0.25) is 0 Å². The molecule has 0 aliphatic carbocycles. The molecule has 4 rings (SSSR count). The second-order valence-corrected chi connectivity index (χ2v) is 6.55. The van der Waals surface area contributed by atoms with E-state index in [1.54, 1.807) is 0 Å². The Kier molecular flexibility index (Phi) is 4.13. The number of para-hydroxylation sites is 1. The van der Waals surface area contributed by atoms with E-state index in [-0.39, 0.29) is 0 Å². The fourth-order valence-corrected chi connectivity index (χ4v) is 3.39. The number of aromatic nitrogens is 3. The van der Waals surface area contributed by atoms with Gasteiger partial charge in [-0.15, -0.1) is 5.10 Å². The fraction of sp³-hybridized carbons (Fsp3) is 0.300. The molecule has 1 aliphatic heterocycles. The van der Waals surface area contributed by atoms with Crippen molar-refractivity contribution >= 4 is 0 Å². The van der Waals surface area contributed by atoms with Crippen LogP contribution in [0, 0.1) is 0 Å². The van der Waals surface area contributed by atoms with E-state index in [0.717, 1.165) is 23.5 Å². The van der Waals surface area contributed by atoms with Crippen LogP contribution >= 0.6 is 0 Å². The molecule has 1 unspecified atom stereocenters. The monoisotopic (exact) mass is 318 g/mol. The molecule has 0 saturated carbocycles. The maximum Gasteiger partial charge on any atom is 0.113 e. The van der Waals surface area contributed by atoms with Crippen LogP contribution in [-0.2, 0) is 6.54 Å². The Hall–Kier alpha value is -2.46. The Labute approximate surface area is 142 Å². The molecule has 122 valence electrons. The summed E-state index contributed by atoms with van der Waals surface area (Å²) in [6, 6.07) is 19.4. The molecule has 24 heavy (non-hydrogen) atoms. The summed E-state index contributed by atoms with van der Waals surface area (Å²) >= 11 is 0. The van der Waals surface area contributed by atoms with Gasteiger partial charge >= 0.3 is 0 Å². The number of nitrogens with zero attached hydrogens (tertiary/aromatic N) is 4. The van der Waals surface area contributed by atoms with Gasteiger partial charge in [0.15, 0.2) is 0 Å². The summed E-state index contributed by atoms with van der Waals surface area (Å²) in [6.07, 6.45) is 4.62. The molecule has 4 heteroatoms. The largest absolute Gasteiger partial charge is 0.296 e. The number of likely N-dealkylation sites (tertiary alicyclic amines) is 1. The smallest absolute Gasteiger partial charge is 0.113 e. The molecule has 4 nitrogen and oxygen atoms in total. The Morgan fingerprint density at radius 1 is 1.08 bits per heavy atom. The molecule has 0 N–H and O–H groups in total. The van der Waals surface area contributed by atoms with Gasteiger partial charge in [-0.1, -0.05) is 41.6 Å². The Morgan fingerprint density at radius 3 is 2.75 bits per heavy atom. The number of hydrogen-bond acceptors (Lipinski definition) is 3. The predicted molar refractivity (Wildman–Crippen MR) is 95.9 cm³/mol. The van der Waals surface area contributed by atoms with E-state index in [9.17, 15) is 0 Å². The van der Waals surface area contributed by atoms with Crippen molar-refractivity contribution in [2.75, 3.05) is 6.54 Å². The maximum atomic E-state index is 4.35. The zero-order valence-corrected chi connectivity index (χ0v) is 14.0. The summed E-state index contributed by atoms with van der Waals surface area (Å²) < 4.78 is 1.82. The number of hydrogen-bond donors (Lipinski definition) is 0. The third kappa shape index (κ3) is 3.10. The minimum atomic E-state index is 0.688. The van der Waals surface area contributed by atoms with Crippen LogP contribution < -0.4 is 0 Å². The average molecular weight is 318 g/mol. The summed E-state index contributed by atoms with van der Waals surface area (Å²) in [4.78, 5) is 2.56. The number of benzene rings is 2. The first-order valence-corrected chi connectivity index (χ1v) is 8.61. The molecule has 0 amide bonds. The van der Waals surface area contributed by atoms with Crippen LogP contribution in [0.1, 0.15) is 25.3 Å². The van der Waals surface area contributed by atoms with E-state index in [2.05, 4.69) is 46.4 Å². The van der Waals surface area contributed by atoms with Crippen molar-refractivity contribution in [3.05, 3.63) is 66.4 Å². The summed E-state index contributed by atoms with van der Waals surface area (Å²) in [5.74, 6) is 0. The van der Waals surface area contributed by atoms with Gasteiger partial charge in [0.2, 0.25) is 0 Å². The summed E-state index contributed by atoms with van der Waals surface area (Å²) in [7, 11) is 0. The second kappa shape index (κ2) is 6.57. The van der Waals surface area contributed by atoms with Crippen molar-refractivity contribution in [2.24, 2.45) is 0 Å². The van der Waals surface area contributed by atoms with Gasteiger partial charge in [-0.25, -0.2) is 4.68 Å². The zero-order valence-electron chi connectivity index (χ0n) is 14.0. The molecular formula is C20H22N4. The minimum Gasteiger partial charge on any atom is -0.296 e. The van der Waals surface area contributed by atoms with E-state index in [1.165, 1.54) is 24.9 Å². The van der Waals surface area contributed by atoms with E-state index in [0.29, 0.717) is 6.04 Å². The summed E-state index contributed by atoms with van der Waals surface area (Å²) in [5.41, 5.74) is 4.41. The van der Waals surface area contributed by atoms with Gasteiger partial charge in [0, 0.05) is 18.2 Å². The van der Waals surface area contributed by atoms with Crippen molar-refractivity contribution in [1.29, 1.82) is 0 Å². The fourth-order valence-electron chi connectivity index (χ4n) is 3.39. The van der Waals surface area contributed by atoms with Crippen LogP contribution in [-0.4, -0.2) is 32.5 Å². The summed E-state index contributed by atoms with van der Waals surface area (Å²) in [6.45, 7) is 4.54. The van der Waals surface area contributed by atoms with Gasteiger partial charge < -0.3 is 0 Å². The van der Waals surface area contributed by atoms with Gasteiger partial charge in [-0.2, -0.15) is 0 Å². The normalized spacial score (nSPS) is 18.1. The van der Waals surface area contributed by atoms with Crippen LogP contribution in [0.4, 0.5) is 0 Å². The quantitative estimate of drug-likeness (QED) is 0.731. The molecular weight excluding hydrogens is 296 g/mol. The molecule has 1 aliphatic rings.